The molecule has 2 aromatic carbocycles. The normalized spacial score (nSPS) is 19.0. The highest BCUT2D eigenvalue weighted by Crippen LogP contribution is 2.34. The minimum Gasteiger partial charge on any atom is -0.497 e. The van der Waals surface area contributed by atoms with Crippen LogP contribution in [0.2, 0.25) is 0 Å². The van der Waals surface area contributed by atoms with Gasteiger partial charge in [-0.15, -0.1) is 0 Å². The largest absolute Gasteiger partial charge is 0.497 e. The number of piperazine rings is 1. The van der Waals surface area contributed by atoms with E-state index < -0.39 is 0 Å². The van der Waals surface area contributed by atoms with Crippen molar-refractivity contribution in [2.75, 3.05) is 52.3 Å². The molecule has 0 spiro atoms. The standard InChI is InChI=1S/C29H39N7O2/c1-20-18-35(19-21(2)33-20)9-6-10-36(24-11-25(37-4)14-26(12-24)38-5)23-7-8-27-28(13-23)34-29(17-32-27)22(15-30)16-31-3/h7-8,11-17,20-22,30,33H,6,9-10,18-19H2,1-5H3/t20-,21+,22?. The Morgan fingerprint density at radius 3 is 2.42 bits per heavy atom. The van der Waals surface area contributed by atoms with Crippen molar-refractivity contribution < 1.29 is 9.47 Å². The zero-order chi connectivity index (χ0) is 27.1. The van der Waals surface area contributed by atoms with Crippen LogP contribution in [-0.2, 0) is 0 Å². The van der Waals surface area contributed by atoms with Crippen LogP contribution < -0.4 is 19.7 Å². The molecule has 38 heavy (non-hydrogen) atoms. The quantitative estimate of drug-likeness (QED) is 0.366. The minimum atomic E-state index is -0.303. The lowest BCUT2D eigenvalue weighted by Crippen LogP contribution is -2.54. The highest BCUT2D eigenvalue weighted by atomic mass is 16.5. The first-order chi connectivity index (χ1) is 18.4. The molecule has 0 bridgehead atoms. The molecule has 3 aromatic rings. The smallest absolute Gasteiger partial charge is 0.124 e. The molecule has 1 aliphatic rings. The van der Waals surface area contributed by atoms with E-state index >= 15 is 0 Å². The summed E-state index contributed by atoms with van der Waals surface area (Å²) in [5.41, 5.74) is 4.29. The number of rotatable bonds is 11. The van der Waals surface area contributed by atoms with Gasteiger partial charge in [0.05, 0.1) is 43.1 Å². The summed E-state index contributed by atoms with van der Waals surface area (Å²) < 4.78 is 11.2. The van der Waals surface area contributed by atoms with Gasteiger partial charge < -0.3 is 30.0 Å². The van der Waals surface area contributed by atoms with E-state index in [1.165, 1.54) is 6.21 Å². The molecule has 0 saturated carbocycles. The molecule has 1 aromatic heterocycles. The third-order valence-electron chi connectivity index (χ3n) is 6.82. The summed E-state index contributed by atoms with van der Waals surface area (Å²) in [4.78, 5) is 18.4. The Hall–Kier alpha value is -3.56. The lowest BCUT2D eigenvalue weighted by atomic mass is 10.1. The number of anilines is 2. The lowest BCUT2D eigenvalue weighted by Gasteiger charge is -2.36. The molecule has 202 valence electrons. The summed E-state index contributed by atoms with van der Waals surface area (Å²) in [6, 6.07) is 13.1. The van der Waals surface area contributed by atoms with Gasteiger partial charge in [-0.05, 0) is 45.0 Å². The van der Waals surface area contributed by atoms with Crippen LogP contribution in [0.15, 0.2) is 47.6 Å². The summed E-state index contributed by atoms with van der Waals surface area (Å²) in [6.45, 7) is 8.44. The molecule has 0 amide bonds. The maximum atomic E-state index is 7.77. The van der Waals surface area contributed by atoms with Gasteiger partial charge in [-0.3, -0.25) is 9.98 Å². The maximum Gasteiger partial charge on any atom is 0.124 e. The van der Waals surface area contributed by atoms with Crippen LogP contribution in [0.5, 0.6) is 11.5 Å². The average Bonchev–Trinajstić information content (AvgIpc) is 2.92. The van der Waals surface area contributed by atoms with Crippen LogP contribution in [0.1, 0.15) is 31.9 Å². The zero-order valence-electron chi connectivity index (χ0n) is 23.0. The number of aromatic nitrogens is 2. The van der Waals surface area contributed by atoms with Gasteiger partial charge in [0, 0.05) is 80.8 Å². The first kappa shape index (κ1) is 27.5. The van der Waals surface area contributed by atoms with Crippen molar-refractivity contribution in [3.05, 3.63) is 48.3 Å². The van der Waals surface area contributed by atoms with Crippen LogP contribution >= 0.6 is 0 Å². The van der Waals surface area contributed by atoms with E-state index in [9.17, 15) is 0 Å². The van der Waals surface area contributed by atoms with E-state index in [0.29, 0.717) is 17.8 Å². The number of aliphatic imine (C=N–C) groups is 1. The molecule has 9 heteroatoms. The van der Waals surface area contributed by atoms with Gasteiger partial charge in [0.2, 0.25) is 0 Å². The fourth-order valence-electron chi connectivity index (χ4n) is 5.14. The van der Waals surface area contributed by atoms with Crippen molar-refractivity contribution in [3.8, 4) is 11.5 Å². The Labute approximate surface area is 225 Å². The Kier molecular flexibility index (Phi) is 9.25. The van der Waals surface area contributed by atoms with Crippen molar-refractivity contribution in [2.45, 2.75) is 38.3 Å². The van der Waals surface area contributed by atoms with E-state index in [1.807, 2.05) is 24.3 Å². The van der Waals surface area contributed by atoms with E-state index in [1.54, 1.807) is 33.7 Å². The number of methoxy groups -OCH3 is 2. The number of nitrogens with zero attached hydrogens (tertiary/aromatic N) is 5. The first-order valence-corrected chi connectivity index (χ1v) is 13.1. The second-order valence-corrected chi connectivity index (χ2v) is 9.87. The third-order valence-corrected chi connectivity index (χ3v) is 6.82. The molecule has 2 N–H and O–H groups in total. The molecule has 0 radical (unpaired) electrons. The number of hydrogen-bond acceptors (Lipinski definition) is 9. The Balaban J connectivity index is 1.67. The molecular weight excluding hydrogens is 478 g/mol. The molecule has 1 aliphatic heterocycles. The topological polar surface area (TPSA) is 99.0 Å². The molecule has 1 saturated heterocycles. The van der Waals surface area contributed by atoms with Gasteiger partial charge in [-0.2, -0.15) is 0 Å². The van der Waals surface area contributed by atoms with Crippen molar-refractivity contribution in [3.63, 3.8) is 0 Å². The van der Waals surface area contributed by atoms with E-state index in [-0.39, 0.29) is 5.92 Å². The third kappa shape index (κ3) is 6.65. The van der Waals surface area contributed by atoms with Crippen molar-refractivity contribution in [2.24, 2.45) is 4.99 Å². The molecule has 4 rings (SSSR count). The fraction of sp³-hybridized carbons (Fsp3) is 0.448. The average molecular weight is 518 g/mol. The van der Waals surface area contributed by atoms with Crippen LogP contribution in [0.3, 0.4) is 0 Å². The first-order valence-electron chi connectivity index (χ1n) is 13.1. The highest BCUT2D eigenvalue weighted by molar-refractivity contribution is 5.89. The van der Waals surface area contributed by atoms with Crippen molar-refractivity contribution >= 4 is 34.8 Å². The van der Waals surface area contributed by atoms with Crippen molar-refractivity contribution in [1.29, 1.82) is 5.41 Å². The minimum absolute atomic E-state index is 0.303. The van der Waals surface area contributed by atoms with E-state index in [4.69, 9.17) is 19.9 Å². The van der Waals surface area contributed by atoms with Crippen molar-refractivity contribution in [1.82, 2.24) is 20.2 Å². The Bertz CT molecular complexity index is 1230. The van der Waals surface area contributed by atoms with Crippen LogP contribution in [0.4, 0.5) is 11.4 Å². The Morgan fingerprint density at radius 2 is 1.79 bits per heavy atom. The predicted molar refractivity (Wildman–Crippen MR) is 155 cm³/mol. The maximum absolute atomic E-state index is 7.77. The van der Waals surface area contributed by atoms with Gasteiger partial charge in [-0.25, -0.2) is 4.98 Å². The SMILES string of the molecule is CN=CC(C=N)c1cnc2ccc(N(CCCN3C[C@@H](C)N[C@@H](C)C3)c3cc(OC)cc(OC)c3)cc2n1. The molecular formula is C29H39N7O2. The number of fused-ring (bicyclic) bond motifs is 1. The number of benzene rings is 2. The molecule has 2 heterocycles. The Morgan fingerprint density at radius 1 is 1.08 bits per heavy atom. The fourth-order valence-corrected chi connectivity index (χ4v) is 5.14. The van der Waals surface area contributed by atoms with Crippen LogP contribution in [-0.4, -0.2) is 86.8 Å². The summed E-state index contributed by atoms with van der Waals surface area (Å²) >= 11 is 0. The van der Waals surface area contributed by atoms with Gasteiger partial charge in [-0.1, -0.05) is 0 Å². The molecule has 9 nitrogen and oxygen atoms in total. The number of nitrogens with one attached hydrogen (secondary N) is 2. The molecule has 3 atom stereocenters. The number of hydrogen-bond donors (Lipinski definition) is 2. The highest BCUT2D eigenvalue weighted by Gasteiger charge is 2.21. The van der Waals surface area contributed by atoms with E-state index in [2.05, 4.69) is 51.1 Å². The second-order valence-electron chi connectivity index (χ2n) is 9.87. The molecule has 0 aliphatic carbocycles. The summed E-state index contributed by atoms with van der Waals surface area (Å²) in [7, 11) is 5.04. The molecule has 1 unspecified atom stereocenters. The molecule has 1 fully saturated rings. The predicted octanol–water partition coefficient (Wildman–Crippen LogP) is 4.29. The summed E-state index contributed by atoms with van der Waals surface area (Å²) in [6.07, 6.45) is 5.75. The monoisotopic (exact) mass is 517 g/mol. The summed E-state index contributed by atoms with van der Waals surface area (Å²) in [5, 5.41) is 11.4. The van der Waals surface area contributed by atoms with Gasteiger partial charge >= 0.3 is 0 Å². The zero-order valence-corrected chi connectivity index (χ0v) is 23.0. The number of ether oxygens (including phenoxy) is 2. The summed E-state index contributed by atoms with van der Waals surface area (Å²) in [5.74, 6) is 1.18. The van der Waals surface area contributed by atoms with E-state index in [0.717, 1.165) is 66.5 Å². The van der Waals surface area contributed by atoms with Gasteiger partial charge in [0.25, 0.3) is 0 Å². The van der Waals surface area contributed by atoms with Crippen LogP contribution in [0.25, 0.3) is 11.0 Å². The lowest BCUT2D eigenvalue weighted by molar-refractivity contribution is 0.173. The second kappa shape index (κ2) is 12.8. The van der Waals surface area contributed by atoms with Gasteiger partial charge in [0.1, 0.15) is 11.5 Å². The van der Waals surface area contributed by atoms with Gasteiger partial charge in [0.15, 0.2) is 0 Å². The van der Waals surface area contributed by atoms with Crippen LogP contribution in [0, 0.1) is 5.41 Å².